The molecular weight excluding hydrogens is 208 g/mol. The quantitative estimate of drug-likeness (QED) is 0.771. The Balaban J connectivity index is 1.93. The lowest BCUT2D eigenvalue weighted by Gasteiger charge is -2.41. The molecule has 17 heavy (non-hydrogen) atoms. The van der Waals surface area contributed by atoms with Crippen LogP contribution >= 0.6 is 0 Å². The summed E-state index contributed by atoms with van der Waals surface area (Å²) in [6.45, 7) is 7.21. The van der Waals surface area contributed by atoms with E-state index >= 15 is 0 Å². The molecule has 3 unspecified atom stereocenters. The van der Waals surface area contributed by atoms with Gasteiger partial charge in [0.15, 0.2) is 0 Å². The Bertz CT molecular complexity index is 225. The summed E-state index contributed by atoms with van der Waals surface area (Å²) in [4.78, 5) is 2.73. The summed E-state index contributed by atoms with van der Waals surface area (Å²) >= 11 is 0. The third-order valence-electron chi connectivity index (χ3n) is 4.72. The predicted octanol–water partition coefficient (Wildman–Crippen LogP) is 3.01. The van der Waals surface area contributed by atoms with E-state index in [4.69, 9.17) is 5.73 Å². The van der Waals surface area contributed by atoms with E-state index in [9.17, 15) is 0 Å². The molecule has 2 heteroatoms. The summed E-state index contributed by atoms with van der Waals surface area (Å²) < 4.78 is 0. The van der Waals surface area contributed by atoms with Gasteiger partial charge in [-0.1, -0.05) is 20.3 Å². The average molecular weight is 238 g/mol. The molecule has 0 amide bonds. The van der Waals surface area contributed by atoms with Gasteiger partial charge in [-0.05, 0) is 56.9 Å². The fourth-order valence-corrected chi connectivity index (χ4v) is 3.36. The predicted molar refractivity (Wildman–Crippen MR) is 74.0 cm³/mol. The summed E-state index contributed by atoms with van der Waals surface area (Å²) in [6.07, 6.45) is 9.48. The number of hydrogen-bond acceptors (Lipinski definition) is 2. The van der Waals surface area contributed by atoms with Gasteiger partial charge in [-0.25, -0.2) is 0 Å². The van der Waals surface area contributed by atoms with Crippen LogP contribution in [0.25, 0.3) is 0 Å². The van der Waals surface area contributed by atoms with Gasteiger partial charge in [0, 0.05) is 18.6 Å². The minimum absolute atomic E-state index is 0.433. The van der Waals surface area contributed by atoms with E-state index in [0.717, 1.165) is 11.8 Å². The van der Waals surface area contributed by atoms with Gasteiger partial charge in [0.1, 0.15) is 0 Å². The first-order valence-electron chi connectivity index (χ1n) is 7.74. The van der Waals surface area contributed by atoms with E-state index in [1.54, 1.807) is 0 Å². The highest BCUT2D eigenvalue weighted by Gasteiger charge is 2.34. The number of hydrogen-bond donors (Lipinski definition) is 1. The summed E-state index contributed by atoms with van der Waals surface area (Å²) in [5.74, 6) is 1.93. The normalized spacial score (nSPS) is 34.2. The van der Waals surface area contributed by atoms with Crippen LogP contribution in [0, 0.1) is 11.8 Å². The second kappa shape index (κ2) is 6.19. The minimum atomic E-state index is 0.433. The number of nitrogens with zero attached hydrogens (tertiary/aromatic N) is 1. The monoisotopic (exact) mass is 238 g/mol. The minimum Gasteiger partial charge on any atom is -0.326 e. The fourth-order valence-electron chi connectivity index (χ4n) is 3.36. The van der Waals surface area contributed by atoms with Gasteiger partial charge in [0.25, 0.3) is 0 Å². The average Bonchev–Trinajstić information content (AvgIpc) is 3.13. The third-order valence-corrected chi connectivity index (χ3v) is 4.72. The van der Waals surface area contributed by atoms with E-state index in [2.05, 4.69) is 18.7 Å². The van der Waals surface area contributed by atoms with Crippen LogP contribution in [0.5, 0.6) is 0 Å². The van der Waals surface area contributed by atoms with Gasteiger partial charge in [-0.15, -0.1) is 0 Å². The van der Waals surface area contributed by atoms with Crippen LogP contribution in [0.1, 0.15) is 58.8 Å². The van der Waals surface area contributed by atoms with Crippen LogP contribution in [0.15, 0.2) is 0 Å². The van der Waals surface area contributed by atoms with Gasteiger partial charge >= 0.3 is 0 Å². The van der Waals surface area contributed by atoms with Crippen LogP contribution in [-0.4, -0.2) is 30.1 Å². The van der Waals surface area contributed by atoms with Crippen LogP contribution in [-0.2, 0) is 0 Å². The lowest BCUT2D eigenvalue weighted by Crippen LogP contribution is -2.52. The van der Waals surface area contributed by atoms with Crippen molar-refractivity contribution in [3.05, 3.63) is 0 Å². The molecule has 2 saturated carbocycles. The van der Waals surface area contributed by atoms with Gasteiger partial charge in [-0.2, -0.15) is 0 Å². The van der Waals surface area contributed by atoms with Crippen molar-refractivity contribution in [3.63, 3.8) is 0 Å². The molecule has 3 atom stereocenters. The Morgan fingerprint density at radius 3 is 2.35 bits per heavy atom. The van der Waals surface area contributed by atoms with Crippen LogP contribution < -0.4 is 5.73 Å². The Kier molecular flexibility index (Phi) is 4.87. The SMILES string of the molecule is CCCN(CC1CC1)C1CC(CC)CCC1N. The van der Waals surface area contributed by atoms with Crippen molar-refractivity contribution in [2.24, 2.45) is 17.6 Å². The molecule has 0 bridgehead atoms. The highest BCUT2D eigenvalue weighted by atomic mass is 15.2. The van der Waals surface area contributed by atoms with Crippen molar-refractivity contribution in [1.29, 1.82) is 0 Å². The van der Waals surface area contributed by atoms with Crippen molar-refractivity contribution in [2.45, 2.75) is 70.9 Å². The van der Waals surface area contributed by atoms with Crippen molar-refractivity contribution < 1.29 is 0 Å². The zero-order chi connectivity index (χ0) is 12.3. The van der Waals surface area contributed by atoms with Crippen LogP contribution in [0.3, 0.4) is 0 Å². The molecular formula is C15H30N2. The Morgan fingerprint density at radius 1 is 1.06 bits per heavy atom. The van der Waals surface area contributed by atoms with Crippen molar-refractivity contribution in [1.82, 2.24) is 4.90 Å². The van der Waals surface area contributed by atoms with Crippen molar-refractivity contribution in [2.75, 3.05) is 13.1 Å². The molecule has 2 rings (SSSR count). The van der Waals surface area contributed by atoms with E-state index in [1.807, 2.05) is 0 Å². The molecule has 0 aliphatic heterocycles. The molecule has 2 nitrogen and oxygen atoms in total. The van der Waals surface area contributed by atoms with E-state index in [1.165, 1.54) is 58.0 Å². The maximum atomic E-state index is 6.38. The smallest absolute Gasteiger partial charge is 0.0249 e. The first-order chi connectivity index (χ1) is 8.24. The van der Waals surface area contributed by atoms with Gasteiger partial charge < -0.3 is 5.73 Å². The Hall–Kier alpha value is -0.0800. The number of nitrogens with two attached hydrogens (primary N) is 1. The summed E-state index contributed by atoms with van der Waals surface area (Å²) in [5, 5.41) is 0. The van der Waals surface area contributed by atoms with Crippen molar-refractivity contribution in [3.8, 4) is 0 Å². The second-order valence-corrected chi connectivity index (χ2v) is 6.26. The summed E-state index contributed by atoms with van der Waals surface area (Å²) in [5.41, 5.74) is 6.38. The van der Waals surface area contributed by atoms with E-state index in [-0.39, 0.29) is 0 Å². The van der Waals surface area contributed by atoms with Gasteiger partial charge in [-0.3, -0.25) is 4.90 Å². The van der Waals surface area contributed by atoms with Crippen LogP contribution in [0.4, 0.5) is 0 Å². The molecule has 100 valence electrons. The number of rotatable bonds is 6. The van der Waals surface area contributed by atoms with E-state index in [0.29, 0.717) is 12.1 Å². The fraction of sp³-hybridized carbons (Fsp3) is 1.00. The zero-order valence-corrected chi connectivity index (χ0v) is 11.7. The van der Waals surface area contributed by atoms with Crippen molar-refractivity contribution >= 4 is 0 Å². The molecule has 0 radical (unpaired) electrons. The second-order valence-electron chi connectivity index (χ2n) is 6.26. The van der Waals surface area contributed by atoms with Crippen LogP contribution in [0.2, 0.25) is 0 Å². The molecule has 0 aromatic rings. The molecule has 2 aliphatic rings. The highest BCUT2D eigenvalue weighted by molar-refractivity contribution is 4.91. The molecule has 0 spiro atoms. The topological polar surface area (TPSA) is 29.3 Å². The summed E-state index contributed by atoms with van der Waals surface area (Å²) in [7, 11) is 0. The van der Waals surface area contributed by atoms with E-state index < -0.39 is 0 Å². The molecule has 2 N–H and O–H groups in total. The molecule has 0 aromatic heterocycles. The first-order valence-corrected chi connectivity index (χ1v) is 7.74. The summed E-state index contributed by atoms with van der Waals surface area (Å²) in [6, 6.07) is 1.11. The largest absolute Gasteiger partial charge is 0.326 e. The lowest BCUT2D eigenvalue weighted by atomic mass is 9.80. The Labute approximate surface area is 107 Å². The Morgan fingerprint density at radius 2 is 1.76 bits per heavy atom. The third kappa shape index (κ3) is 3.69. The standard InChI is InChI=1S/C15H30N2/c1-3-9-17(11-13-5-6-13)15-10-12(4-2)7-8-14(15)16/h12-15H,3-11,16H2,1-2H3. The highest BCUT2D eigenvalue weighted by Crippen LogP contribution is 2.34. The molecule has 0 saturated heterocycles. The molecule has 0 heterocycles. The maximum absolute atomic E-state index is 6.38. The molecule has 0 aromatic carbocycles. The zero-order valence-electron chi connectivity index (χ0n) is 11.7. The van der Waals surface area contributed by atoms with Gasteiger partial charge in [0.05, 0.1) is 0 Å². The lowest BCUT2D eigenvalue weighted by molar-refractivity contribution is 0.105. The van der Waals surface area contributed by atoms with Gasteiger partial charge in [0.2, 0.25) is 0 Å². The first kappa shape index (κ1) is 13.4. The maximum Gasteiger partial charge on any atom is 0.0249 e. The molecule has 2 fully saturated rings. The molecule has 2 aliphatic carbocycles.